The van der Waals surface area contributed by atoms with Gasteiger partial charge in [-0.3, -0.25) is 14.7 Å². The molecule has 0 atom stereocenters. The molecule has 0 aliphatic carbocycles. The highest BCUT2D eigenvalue weighted by molar-refractivity contribution is 9.10. The maximum Gasteiger partial charge on any atom is 0.266 e. The summed E-state index contributed by atoms with van der Waals surface area (Å²) >= 11 is 10.6. The van der Waals surface area contributed by atoms with Crippen molar-refractivity contribution in [3.63, 3.8) is 0 Å². The normalized spacial score (nSPS) is 17.6. The second kappa shape index (κ2) is 10.3. The van der Waals surface area contributed by atoms with Crippen molar-refractivity contribution in [3.8, 4) is 5.69 Å². The van der Waals surface area contributed by atoms with Crippen molar-refractivity contribution >= 4 is 61.9 Å². The number of benzene rings is 1. The maximum atomic E-state index is 13.1. The van der Waals surface area contributed by atoms with Gasteiger partial charge >= 0.3 is 0 Å². The first-order chi connectivity index (χ1) is 16.9. The largest absolute Gasteiger partial charge is 0.378 e. The molecule has 2 fully saturated rings. The molecule has 0 unspecified atom stereocenters. The van der Waals surface area contributed by atoms with Crippen LogP contribution in [0.5, 0.6) is 0 Å². The Morgan fingerprint density at radius 1 is 1.20 bits per heavy atom. The van der Waals surface area contributed by atoms with E-state index < -0.39 is 0 Å². The molecule has 2 aliphatic heterocycles. The summed E-state index contributed by atoms with van der Waals surface area (Å²) in [5.74, 6) is -0.0636. The van der Waals surface area contributed by atoms with Crippen LogP contribution >= 0.6 is 39.9 Å². The summed E-state index contributed by atoms with van der Waals surface area (Å²) < 4.78 is 9.33. The van der Waals surface area contributed by atoms with Gasteiger partial charge in [-0.05, 0) is 77.3 Å². The third-order valence-electron chi connectivity index (χ3n) is 6.24. The average molecular weight is 570 g/mol. The third-order valence-corrected chi connectivity index (χ3v) is 8.25. The monoisotopic (exact) mass is 568 g/mol. The van der Waals surface area contributed by atoms with Gasteiger partial charge in [-0.25, -0.2) is 0 Å². The number of amides is 1. The summed E-state index contributed by atoms with van der Waals surface area (Å²) in [6, 6.07) is 12.4. The van der Waals surface area contributed by atoms with Crippen LogP contribution < -0.4 is 4.90 Å². The lowest BCUT2D eigenvalue weighted by atomic mass is 10.2. The van der Waals surface area contributed by atoms with E-state index in [1.807, 2.05) is 18.2 Å². The van der Waals surface area contributed by atoms with Gasteiger partial charge in [0.1, 0.15) is 4.32 Å². The van der Waals surface area contributed by atoms with E-state index >= 15 is 0 Å². The zero-order chi connectivity index (χ0) is 24.5. The topological polar surface area (TPSA) is 50.6 Å². The van der Waals surface area contributed by atoms with Gasteiger partial charge in [-0.2, -0.15) is 0 Å². The lowest BCUT2D eigenvalue weighted by Crippen LogP contribution is -2.36. The Kier molecular flexibility index (Phi) is 7.11. The molecule has 0 N–H and O–H groups in total. The number of ether oxygens (including phenoxy) is 1. The number of thioether (sulfide) groups is 1. The number of hydrogen-bond acceptors (Lipinski definition) is 6. The van der Waals surface area contributed by atoms with Crippen LogP contribution in [0.4, 0.5) is 5.69 Å². The quantitative estimate of drug-likeness (QED) is 0.299. The molecule has 4 heterocycles. The first-order valence-electron chi connectivity index (χ1n) is 11.4. The van der Waals surface area contributed by atoms with Gasteiger partial charge in [0.25, 0.3) is 5.91 Å². The minimum absolute atomic E-state index is 0.0636. The third kappa shape index (κ3) is 4.95. The number of pyridine rings is 1. The van der Waals surface area contributed by atoms with Crippen molar-refractivity contribution < 1.29 is 9.53 Å². The summed E-state index contributed by atoms with van der Waals surface area (Å²) in [5, 5.41) is 0. The predicted octanol–water partition coefficient (Wildman–Crippen LogP) is 5.49. The number of rotatable bonds is 5. The van der Waals surface area contributed by atoms with Crippen LogP contribution in [0.3, 0.4) is 0 Å². The van der Waals surface area contributed by atoms with E-state index in [0.717, 1.165) is 59.0 Å². The number of carbonyl (C=O) groups is 1. The number of aryl methyl sites for hydroxylation is 1. The van der Waals surface area contributed by atoms with Gasteiger partial charge in [0.2, 0.25) is 0 Å². The molecule has 2 saturated heterocycles. The van der Waals surface area contributed by atoms with Crippen LogP contribution in [-0.4, -0.2) is 51.0 Å². The van der Waals surface area contributed by atoms with Crippen LogP contribution in [0.2, 0.25) is 0 Å². The fourth-order valence-electron chi connectivity index (χ4n) is 4.48. The van der Waals surface area contributed by atoms with Gasteiger partial charge < -0.3 is 14.2 Å². The molecular weight excluding hydrogens is 544 g/mol. The predicted molar refractivity (Wildman–Crippen MR) is 149 cm³/mol. The molecule has 5 rings (SSSR count). The van der Waals surface area contributed by atoms with Crippen molar-refractivity contribution in [2.75, 3.05) is 31.2 Å². The van der Waals surface area contributed by atoms with E-state index in [9.17, 15) is 4.79 Å². The molecule has 3 aromatic rings. The van der Waals surface area contributed by atoms with Crippen LogP contribution in [-0.2, 0) is 16.1 Å². The number of anilines is 1. The molecule has 0 saturated carbocycles. The van der Waals surface area contributed by atoms with E-state index in [2.05, 4.69) is 68.5 Å². The molecular formula is C26H25BrN4O2S2. The Morgan fingerprint density at radius 3 is 2.71 bits per heavy atom. The number of morpholine rings is 1. The number of aromatic nitrogens is 2. The van der Waals surface area contributed by atoms with Crippen molar-refractivity contribution in [1.82, 2.24) is 14.5 Å². The molecule has 9 heteroatoms. The van der Waals surface area contributed by atoms with Gasteiger partial charge in [-0.1, -0.05) is 30.0 Å². The van der Waals surface area contributed by atoms with Crippen molar-refractivity contribution in [3.05, 3.63) is 80.7 Å². The molecule has 2 aliphatic rings. The van der Waals surface area contributed by atoms with Crippen molar-refractivity contribution in [2.24, 2.45) is 0 Å². The fourth-order valence-corrected chi connectivity index (χ4v) is 6.34. The summed E-state index contributed by atoms with van der Waals surface area (Å²) in [6.45, 7) is 7.88. The Bertz CT molecular complexity index is 1320. The molecule has 0 radical (unpaired) electrons. The molecule has 2 aromatic heterocycles. The summed E-state index contributed by atoms with van der Waals surface area (Å²) in [6.07, 6.45) is 5.44. The number of nitrogens with zero attached hydrogens (tertiary/aromatic N) is 4. The minimum Gasteiger partial charge on any atom is -0.378 e. The van der Waals surface area contributed by atoms with Crippen LogP contribution in [0.1, 0.15) is 22.5 Å². The Hall–Kier alpha value is -2.46. The average Bonchev–Trinajstić information content (AvgIpc) is 3.29. The first kappa shape index (κ1) is 24.2. The molecule has 0 spiro atoms. The molecule has 0 bridgehead atoms. The summed E-state index contributed by atoms with van der Waals surface area (Å²) in [7, 11) is 0. The highest BCUT2D eigenvalue weighted by Crippen LogP contribution is 2.36. The van der Waals surface area contributed by atoms with E-state index in [1.54, 1.807) is 17.3 Å². The van der Waals surface area contributed by atoms with Gasteiger partial charge in [0, 0.05) is 47.0 Å². The number of halogens is 1. The van der Waals surface area contributed by atoms with Gasteiger partial charge in [0.05, 0.1) is 30.4 Å². The highest BCUT2D eigenvalue weighted by Gasteiger charge is 2.32. The second-order valence-corrected chi connectivity index (χ2v) is 11.1. The van der Waals surface area contributed by atoms with Crippen LogP contribution in [0, 0.1) is 13.8 Å². The minimum atomic E-state index is -0.0636. The molecule has 1 aromatic carbocycles. The smallest absolute Gasteiger partial charge is 0.266 e. The lowest BCUT2D eigenvalue weighted by Gasteiger charge is -2.30. The van der Waals surface area contributed by atoms with E-state index in [0.29, 0.717) is 15.8 Å². The first-order valence-corrected chi connectivity index (χ1v) is 13.4. The van der Waals surface area contributed by atoms with E-state index in [4.69, 9.17) is 17.0 Å². The molecule has 1 amide bonds. The Labute approximate surface area is 223 Å². The highest BCUT2D eigenvalue weighted by atomic mass is 79.9. The number of carbonyl (C=O) groups excluding carboxylic acids is 1. The second-order valence-electron chi connectivity index (χ2n) is 8.53. The Balaban J connectivity index is 1.40. The molecule has 6 nitrogen and oxygen atoms in total. The SMILES string of the molecule is Cc1cc(/C=C2\SC(=S)N(Cc3cccnc3)C2=O)c(C)n1-c1ccc(N2CCOCC2)c(Br)c1. The maximum absolute atomic E-state index is 13.1. The van der Waals surface area contributed by atoms with Crippen molar-refractivity contribution in [1.29, 1.82) is 0 Å². The fraction of sp³-hybridized carbons (Fsp3) is 0.269. The molecule has 180 valence electrons. The van der Waals surface area contributed by atoms with Crippen LogP contribution in [0.15, 0.2) is 58.2 Å². The van der Waals surface area contributed by atoms with E-state index in [1.165, 1.54) is 17.4 Å². The van der Waals surface area contributed by atoms with Gasteiger partial charge in [0.15, 0.2) is 0 Å². The molecule has 35 heavy (non-hydrogen) atoms. The summed E-state index contributed by atoms with van der Waals surface area (Å²) in [4.78, 5) is 21.9. The number of thiocarbonyl (C=S) groups is 1. The van der Waals surface area contributed by atoms with Crippen LogP contribution in [0.25, 0.3) is 11.8 Å². The lowest BCUT2D eigenvalue weighted by molar-refractivity contribution is -0.122. The zero-order valence-corrected chi connectivity index (χ0v) is 22.8. The number of hydrogen-bond donors (Lipinski definition) is 0. The Morgan fingerprint density at radius 2 is 2.00 bits per heavy atom. The standard InChI is InChI=1S/C26H25BrN4O2S2/c1-17-12-20(13-24-25(32)30(26(34)35-24)16-19-4-3-7-28-15-19)18(2)31(17)21-5-6-23(22(27)14-21)29-8-10-33-11-9-29/h3-7,12-15H,8-11,16H2,1-2H3/b24-13-. The van der Waals surface area contributed by atoms with Gasteiger partial charge in [-0.15, -0.1) is 0 Å². The zero-order valence-electron chi connectivity index (χ0n) is 19.5. The summed E-state index contributed by atoms with van der Waals surface area (Å²) in [5.41, 5.74) is 6.40. The van der Waals surface area contributed by atoms with Crippen molar-refractivity contribution in [2.45, 2.75) is 20.4 Å². The van der Waals surface area contributed by atoms with E-state index in [-0.39, 0.29) is 5.91 Å².